The van der Waals surface area contributed by atoms with E-state index in [4.69, 9.17) is 0 Å². The Labute approximate surface area is 88.4 Å². The summed E-state index contributed by atoms with van der Waals surface area (Å²) in [5.41, 5.74) is 4.93. The number of aryl methyl sites for hydroxylation is 2. The molecule has 0 nitrogen and oxygen atoms in total. The van der Waals surface area contributed by atoms with Gasteiger partial charge >= 0.3 is 0 Å². The third-order valence-corrected chi connectivity index (χ3v) is 3.03. The van der Waals surface area contributed by atoms with Crippen LogP contribution in [0.15, 0.2) is 18.2 Å². The molecule has 0 N–H and O–H groups in total. The fourth-order valence-corrected chi connectivity index (χ4v) is 1.95. The van der Waals surface area contributed by atoms with Gasteiger partial charge in [-0.05, 0) is 43.2 Å². The molecular formula is C14H22. The molecule has 0 saturated heterocycles. The molecule has 0 bridgehead atoms. The van der Waals surface area contributed by atoms with Crippen LogP contribution in [-0.4, -0.2) is 0 Å². The highest BCUT2D eigenvalue weighted by Crippen LogP contribution is 2.48. The van der Waals surface area contributed by atoms with E-state index in [1.54, 1.807) is 5.56 Å². The van der Waals surface area contributed by atoms with E-state index in [2.05, 4.69) is 39.0 Å². The van der Waals surface area contributed by atoms with Crippen molar-refractivity contribution in [3.8, 4) is 0 Å². The zero-order valence-electron chi connectivity index (χ0n) is 10.1. The maximum absolute atomic E-state index is 2.37. The van der Waals surface area contributed by atoms with E-state index < -0.39 is 0 Å². The molecule has 78 valence electrons. The molecule has 0 spiro atoms. The van der Waals surface area contributed by atoms with Crippen molar-refractivity contribution in [2.45, 2.75) is 52.9 Å². The highest BCUT2D eigenvalue weighted by molar-refractivity contribution is 5.39. The van der Waals surface area contributed by atoms with Gasteiger partial charge in [0, 0.05) is 0 Å². The second kappa shape index (κ2) is 4.16. The molecule has 2 rings (SSSR count). The van der Waals surface area contributed by atoms with Gasteiger partial charge in [-0.3, -0.25) is 0 Å². The van der Waals surface area contributed by atoms with Crippen LogP contribution in [-0.2, 0) is 5.41 Å². The van der Waals surface area contributed by atoms with Gasteiger partial charge < -0.3 is 0 Å². The quantitative estimate of drug-likeness (QED) is 0.616. The van der Waals surface area contributed by atoms with E-state index in [-0.39, 0.29) is 0 Å². The summed E-state index contributed by atoms with van der Waals surface area (Å²) in [5, 5.41) is 0. The second-order valence-corrected chi connectivity index (χ2v) is 4.38. The largest absolute Gasteiger partial charge is 0.0683 e. The van der Waals surface area contributed by atoms with E-state index in [9.17, 15) is 0 Å². The van der Waals surface area contributed by atoms with Crippen molar-refractivity contribution in [3.05, 3.63) is 34.9 Å². The molecule has 1 aromatic rings. The Hall–Kier alpha value is -0.780. The van der Waals surface area contributed by atoms with Gasteiger partial charge in [-0.25, -0.2) is 0 Å². The monoisotopic (exact) mass is 190 g/mol. The van der Waals surface area contributed by atoms with Crippen molar-refractivity contribution >= 4 is 0 Å². The SMILES string of the molecule is CC.Cc1ccc(C2(C)CC2)c(C)c1. The van der Waals surface area contributed by atoms with Crippen molar-refractivity contribution in [1.82, 2.24) is 0 Å². The predicted octanol–water partition coefficient (Wildman–Crippen LogP) is 4.38. The maximum Gasteiger partial charge on any atom is -0.00720 e. The first-order chi connectivity index (χ1) is 6.62. The molecule has 0 heteroatoms. The molecule has 14 heavy (non-hydrogen) atoms. The Morgan fingerprint density at radius 2 is 1.64 bits per heavy atom. The first kappa shape index (κ1) is 11.3. The molecule has 0 heterocycles. The van der Waals surface area contributed by atoms with Crippen LogP contribution in [0.3, 0.4) is 0 Å². The fourth-order valence-electron chi connectivity index (χ4n) is 1.95. The number of rotatable bonds is 1. The van der Waals surface area contributed by atoms with Crippen molar-refractivity contribution in [2.75, 3.05) is 0 Å². The lowest BCUT2D eigenvalue weighted by Gasteiger charge is -2.12. The van der Waals surface area contributed by atoms with Crippen LogP contribution >= 0.6 is 0 Å². The van der Waals surface area contributed by atoms with Crippen LogP contribution < -0.4 is 0 Å². The van der Waals surface area contributed by atoms with Crippen LogP contribution in [0.25, 0.3) is 0 Å². The smallest absolute Gasteiger partial charge is 0.00720 e. The topological polar surface area (TPSA) is 0 Å². The number of benzene rings is 1. The molecule has 0 atom stereocenters. The van der Waals surface area contributed by atoms with Crippen molar-refractivity contribution in [1.29, 1.82) is 0 Å². The Morgan fingerprint density at radius 3 is 2.07 bits per heavy atom. The van der Waals surface area contributed by atoms with Crippen LogP contribution in [0.5, 0.6) is 0 Å². The van der Waals surface area contributed by atoms with Gasteiger partial charge in [0.05, 0.1) is 0 Å². The summed E-state index contributed by atoms with van der Waals surface area (Å²) in [6.07, 6.45) is 2.74. The molecule has 1 aromatic carbocycles. The summed E-state index contributed by atoms with van der Waals surface area (Å²) in [4.78, 5) is 0. The molecule has 1 aliphatic rings. The Balaban J connectivity index is 0.000000461. The van der Waals surface area contributed by atoms with Gasteiger partial charge in [0.15, 0.2) is 0 Å². The molecule has 1 saturated carbocycles. The maximum atomic E-state index is 2.37. The van der Waals surface area contributed by atoms with E-state index in [0.717, 1.165) is 0 Å². The van der Waals surface area contributed by atoms with Gasteiger partial charge in [-0.2, -0.15) is 0 Å². The van der Waals surface area contributed by atoms with Gasteiger partial charge in [-0.15, -0.1) is 0 Å². The summed E-state index contributed by atoms with van der Waals surface area (Å²) in [5.74, 6) is 0. The molecule has 0 aromatic heterocycles. The Morgan fingerprint density at radius 1 is 1.07 bits per heavy atom. The van der Waals surface area contributed by atoms with Gasteiger partial charge in [0.25, 0.3) is 0 Å². The second-order valence-electron chi connectivity index (χ2n) is 4.38. The third kappa shape index (κ3) is 2.17. The van der Waals surface area contributed by atoms with Crippen molar-refractivity contribution < 1.29 is 0 Å². The van der Waals surface area contributed by atoms with Crippen LogP contribution in [0.1, 0.15) is 50.3 Å². The Kier molecular flexibility index (Phi) is 3.36. The minimum absolute atomic E-state index is 0.526. The van der Waals surface area contributed by atoms with Crippen LogP contribution in [0.2, 0.25) is 0 Å². The molecule has 0 aliphatic heterocycles. The molecule has 0 amide bonds. The van der Waals surface area contributed by atoms with E-state index in [1.807, 2.05) is 13.8 Å². The van der Waals surface area contributed by atoms with Crippen molar-refractivity contribution in [2.24, 2.45) is 0 Å². The number of hydrogen-bond donors (Lipinski definition) is 0. The standard InChI is InChI=1S/C12H16.C2H6/c1-9-4-5-11(10(2)8-9)12(3)6-7-12;1-2/h4-5,8H,6-7H2,1-3H3;1-2H3. The normalized spacial score (nSPS) is 16.9. The van der Waals surface area contributed by atoms with E-state index in [0.29, 0.717) is 5.41 Å². The summed E-state index contributed by atoms with van der Waals surface area (Å²) in [6, 6.07) is 6.82. The highest BCUT2D eigenvalue weighted by atomic mass is 14.4. The lowest BCUT2D eigenvalue weighted by molar-refractivity contribution is 0.779. The lowest BCUT2D eigenvalue weighted by atomic mass is 9.93. The highest BCUT2D eigenvalue weighted by Gasteiger charge is 2.39. The predicted molar refractivity (Wildman–Crippen MR) is 63.9 cm³/mol. The lowest BCUT2D eigenvalue weighted by Crippen LogP contribution is -2.02. The first-order valence-corrected chi connectivity index (χ1v) is 5.70. The molecule has 0 unspecified atom stereocenters. The minimum Gasteiger partial charge on any atom is -0.0683 e. The van der Waals surface area contributed by atoms with Gasteiger partial charge in [0.1, 0.15) is 0 Å². The average molecular weight is 190 g/mol. The number of hydrogen-bond acceptors (Lipinski definition) is 0. The van der Waals surface area contributed by atoms with Crippen LogP contribution in [0, 0.1) is 13.8 Å². The third-order valence-electron chi connectivity index (χ3n) is 3.03. The van der Waals surface area contributed by atoms with Gasteiger partial charge in [-0.1, -0.05) is 44.5 Å². The summed E-state index contributed by atoms with van der Waals surface area (Å²) in [6.45, 7) is 10.8. The molecular weight excluding hydrogens is 168 g/mol. The summed E-state index contributed by atoms with van der Waals surface area (Å²) >= 11 is 0. The Bertz CT molecular complexity index is 306. The zero-order valence-corrected chi connectivity index (χ0v) is 10.1. The minimum atomic E-state index is 0.526. The van der Waals surface area contributed by atoms with Crippen LogP contribution in [0.4, 0.5) is 0 Å². The van der Waals surface area contributed by atoms with Gasteiger partial charge in [0.2, 0.25) is 0 Å². The van der Waals surface area contributed by atoms with E-state index in [1.165, 1.54) is 24.0 Å². The average Bonchev–Trinajstić information content (AvgIpc) is 2.87. The van der Waals surface area contributed by atoms with Crippen molar-refractivity contribution in [3.63, 3.8) is 0 Å². The summed E-state index contributed by atoms with van der Waals surface area (Å²) < 4.78 is 0. The molecule has 0 radical (unpaired) electrons. The summed E-state index contributed by atoms with van der Waals surface area (Å²) in [7, 11) is 0. The zero-order chi connectivity index (χ0) is 10.8. The molecule has 1 aliphatic carbocycles. The fraction of sp³-hybridized carbons (Fsp3) is 0.571. The first-order valence-electron chi connectivity index (χ1n) is 5.70. The van der Waals surface area contributed by atoms with E-state index >= 15 is 0 Å². The molecule has 1 fully saturated rings.